The molecule has 2 rings (SSSR count). The smallest absolute Gasteiger partial charge is 0.408 e. The number of hydrogen-bond acceptors (Lipinski definition) is 7. The van der Waals surface area contributed by atoms with E-state index in [1.807, 2.05) is 35.0 Å². The standard InChI is InChI=1S/C25H33N3O6/c1-24(2,3)21(27-23(31)34-25(4,5)6)22(30)33-17-32-20(29)12-11-18-7-9-19(10-8-18)15-28-14-13-26-16-28/h7-14,16,21H,15,17H2,1-6H3,(H,27,31)/b12-11+/t21-/m1/s1. The Morgan fingerprint density at radius 2 is 1.74 bits per heavy atom. The maximum Gasteiger partial charge on any atom is 0.408 e. The summed E-state index contributed by atoms with van der Waals surface area (Å²) in [6.45, 7) is 10.6. The lowest BCUT2D eigenvalue weighted by molar-refractivity contribution is -0.167. The fourth-order valence-electron chi connectivity index (χ4n) is 2.82. The number of alkyl carbamates (subject to hydrolysis) is 1. The number of carbonyl (C=O) groups is 3. The number of imidazole rings is 1. The number of rotatable bonds is 8. The molecule has 0 fully saturated rings. The lowest BCUT2D eigenvalue weighted by Gasteiger charge is -2.30. The normalized spacial score (nSPS) is 12.8. The molecule has 0 saturated heterocycles. The molecule has 1 atom stereocenters. The molecule has 184 valence electrons. The highest BCUT2D eigenvalue weighted by atomic mass is 16.7. The number of amides is 1. The Balaban J connectivity index is 1.82. The van der Waals surface area contributed by atoms with Gasteiger partial charge in [0.15, 0.2) is 0 Å². The van der Waals surface area contributed by atoms with Gasteiger partial charge in [-0.1, -0.05) is 45.0 Å². The summed E-state index contributed by atoms with van der Waals surface area (Å²) in [5.41, 5.74) is 0.552. The molecule has 0 saturated carbocycles. The van der Waals surface area contributed by atoms with Gasteiger partial charge < -0.3 is 24.1 Å². The summed E-state index contributed by atoms with van der Waals surface area (Å²) in [5.74, 6) is -1.40. The second kappa shape index (κ2) is 11.5. The summed E-state index contributed by atoms with van der Waals surface area (Å²) in [6, 6.07) is 6.68. The molecule has 34 heavy (non-hydrogen) atoms. The van der Waals surface area contributed by atoms with E-state index in [-0.39, 0.29) is 0 Å². The number of nitrogens with one attached hydrogen (secondary N) is 1. The first-order valence-electron chi connectivity index (χ1n) is 10.9. The van der Waals surface area contributed by atoms with E-state index in [0.29, 0.717) is 6.54 Å². The molecule has 9 heteroatoms. The van der Waals surface area contributed by atoms with Crippen LogP contribution in [0.1, 0.15) is 52.7 Å². The maximum absolute atomic E-state index is 12.5. The van der Waals surface area contributed by atoms with Crippen molar-refractivity contribution in [2.75, 3.05) is 6.79 Å². The van der Waals surface area contributed by atoms with Gasteiger partial charge in [0.2, 0.25) is 6.79 Å². The molecule has 0 spiro atoms. The average molecular weight is 472 g/mol. The number of nitrogens with zero attached hydrogens (tertiary/aromatic N) is 2. The monoisotopic (exact) mass is 471 g/mol. The lowest BCUT2D eigenvalue weighted by Crippen LogP contribution is -2.51. The van der Waals surface area contributed by atoms with Crippen LogP contribution in [0.5, 0.6) is 0 Å². The number of aromatic nitrogens is 2. The predicted molar refractivity (Wildman–Crippen MR) is 126 cm³/mol. The molecule has 9 nitrogen and oxygen atoms in total. The van der Waals surface area contributed by atoms with Gasteiger partial charge in [0.05, 0.1) is 6.33 Å². The van der Waals surface area contributed by atoms with Gasteiger partial charge in [-0.2, -0.15) is 0 Å². The molecule has 0 unspecified atom stereocenters. The van der Waals surface area contributed by atoms with Gasteiger partial charge in [-0.25, -0.2) is 19.4 Å². The number of benzene rings is 1. The molecular formula is C25H33N3O6. The van der Waals surface area contributed by atoms with Crippen LogP contribution in [0.3, 0.4) is 0 Å². The average Bonchev–Trinajstić information content (AvgIpc) is 3.22. The van der Waals surface area contributed by atoms with E-state index in [2.05, 4.69) is 10.3 Å². The first-order chi connectivity index (χ1) is 15.8. The van der Waals surface area contributed by atoms with Crippen molar-refractivity contribution in [3.63, 3.8) is 0 Å². The van der Waals surface area contributed by atoms with E-state index in [4.69, 9.17) is 14.2 Å². The highest BCUT2D eigenvalue weighted by molar-refractivity contribution is 5.87. The topological polar surface area (TPSA) is 109 Å². The molecule has 0 aliphatic rings. The fourth-order valence-corrected chi connectivity index (χ4v) is 2.82. The van der Waals surface area contributed by atoms with Gasteiger partial charge >= 0.3 is 18.0 Å². The van der Waals surface area contributed by atoms with E-state index in [0.717, 1.165) is 11.1 Å². The SMILES string of the molecule is CC(C)(C)OC(=O)N[C@H](C(=O)OCOC(=O)/C=C/c1ccc(Cn2ccnc2)cc1)C(C)(C)C. The molecule has 1 N–H and O–H groups in total. The van der Waals surface area contributed by atoms with Crippen molar-refractivity contribution in [1.82, 2.24) is 14.9 Å². The van der Waals surface area contributed by atoms with Gasteiger partial charge in [-0.15, -0.1) is 0 Å². The quantitative estimate of drug-likeness (QED) is 0.353. The molecule has 0 bridgehead atoms. The molecule has 0 radical (unpaired) electrons. The number of esters is 2. The van der Waals surface area contributed by atoms with Gasteiger partial charge in [-0.3, -0.25) is 0 Å². The lowest BCUT2D eigenvalue weighted by atomic mass is 9.87. The van der Waals surface area contributed by atoms with Crippen molar-refractivity contribution in [3.8, 4) is 0 Å². The Morgan fingerprint density at radius 1 is 1.06 bits per heavy atom. The minimum Gasteiger partial charge on any atom is -0.444 e. The Morgan fingerprint density at radius 3 is 2.29 bits per heavy atom. The zero-order chi connectivity index (χ0) is 25.4. The largest absolute Gasteiger partial charge is 0.444 e. The van der Waals surface area contributed by atoms with Gasteiger partial charge in [-0.05, 0) is 43.4 Å². The zero-order valence-electron chi connectivity index (χ0n) is 20.5. The van der Waals surface area contributed by atoms with Crippen molar-refractivity contribution < 1.29 is 28.6 Å². The van der Waals surface area contributed by atoms with Crippen LogP contribution in [0.15, 0.2) is 49.1 Å². The van der Waals surface area contributed by atoms with Crippen LogP contribution in [0.4, 0.5) is 4.79 Å². The Labute approximate surface area is 200 Å². The Bertz CT molecular complexity index is 983. The van der Waals surface area contributed by atoms with Gasteiger partial charge in [0, 0.05) is 25.0 Å². The minimum atomic E-state index is -0.988. The summed E-state index contributed by atoms with van der Waals surface area (Å²) in [7, 11) is 0. The summed E-state index contributed by atoms with van der Waals surface area (Å²) < 4.78 is 17.2. The summed E-state index contributed by atoms with van der Waals surface area (Å²) >= 11 is 0. The van der Waals surface area contributed by atoms with E-state index in [1.54, 1.807) is 60.1 Å². The van der Waals surface area contributed by atoms with Crippen molar-refractivity contribution >= 4 is 24.1 Å². The van der Waals surface area contributed by atoms with Crippen molar-refractivity contribution in [2.24, 2.45) is 5.41 Å². The predicted octanol–water partition coefficient (Wildman–Crippen LogP) is 3.93. The molecule has 1 aromatic carbocycles. The van der Waals surface area contributed by atoms with Crippen molar-refractivity contribution in [3.05, 3.63) is 60.2 Å². The highest BCUT2D eigenvalue weighted by Gasteiger charge is 2.35. The maximum atomic E-state index is 12.5. The third kappa shape index (κ3) is 9.48. The van der Waals surface area contributed by atoms with E-state index in [1.165, 1.54) is 6.08 Å². The molecule has 1 aromatic heterocycles. The number of carbonyl (C=O) groups excluding carboxylic acids is 3. The molecule has 0 aliphatic carbocycles. The Hall–Kier alpha value is -3.62. The van der Waals surface area contributed by atoms with E-state index >= 15 is 0 Å². The second-order valence-corrected chi connectivity index (χ2v) is 9.80. The third-order valence-electron chi connectivity index (χ3n) is 4.48. The zero-order valence-corrected chi connectivity index (χ0v) is 20.5. The third-order valence-corrected chi connectivity index (χ3v) is 4.48. The highest BCUT2D eigenvalue weighted by Crippen LogP contribution is 2.21. The Kier molecular flexibility index (Phi) is 9.00. The van der Waals surface area contributed by atoms with Crippen LogP contribution >= 0.6 is 0 Å². The molecule has 0 aliphatic heterocycles. The van der Waals surface area contributed by atoms with Gasteiger partial charge in [0.1, 0.15) is 11.6 Å². The summed E-state index contributed by atoms with van der Waals surface area (Å²) in [4.78, 5) is 40.6. The van der Waals surface area contributed by atoms with Crippen LogP contribution in [-0.2, 0) is 30.3 Å². The summed E-state index contributed by atoms with van der Waals surface area (Å²) in [5, 5.41) is 2.52. The van der Waals surface area contributed by atoms with Gasteiger partial charge in [0.25, 0.3) is 0 Å². The first-order valence-corrected chi connectivity index (χ1v) is 10.9. The van der Waals surface area contributed by atoms with Crippen LogP contribution in [0.25, 0.3) is 6.08 Å². The molecular weight excluding hydrogens is 438 g/mol. The molecule has 2 aromatic rings. The minimum absolute atomic E-state index is 0.575. The second-order valence-electron chi connectivity index (χ2n) is 9.80. The summed E-state index contributed by atoms with van der Waals surface area (Å²) in [6.07, 6.45) is 7.47. The fraction of sp³-hybridized carbons (Fsp3) is 0.440. The van der Waals surface area contributed by atoms with Crippen LogP contribution in [-0.4, -0.2) is 46.0 Å². The first kappa shape index (κ1) is 26.6. The van der Waals surface area contributed by atoms with Crippen LogP contribution in [0.2, 0.25) is 0 Å². The van der Waals surface area contributed by atoms with E-state index < -0.39 is 41.9 Å². The van der Waals surface area contributed by atoms with E-state index in [9.17, 15) is 14.4 Å². The van der Waals surface area contributed by atoms with Crippen LogP contribution < -0.4 is 5.32 Å². The number of hydrogen-bond donors (Lipinski definition) is 1. The van der Waals surface area contributed by atoms with Crippen molar-refractivity contribution in [1.29, 1.82) is 0 Å². The molecule has 1 heterocycles. The van der Waals surface area contributed by atoms with Crippen molar-refractivity contribution in [2.45, 2.75) is 59.7 Å². The van der Waals surface area contributed by atoms with Crippen LogP contribution in [0, 0.1) is 5.41 Å². The number of ether oxygens (including phenoxy) is 3. The molecule has 1 amide bonds.